The van der Waals surface area contributed by atoms with Gasteiger partial charge in [-0.15, -0.1) is 0 Å². The molecule has 4 heteroatoms. The molecule has 4 rings (SSSR count). The van der Waals surface area contributed by atoms with Gasteiger partial charge in [-0.1, -0.05) is 79.1 Å². The second-order valence-electron chi connectivity index (χ2n) is 8.94. The topological polar surface area (TPSA) is 43.8 Å². The highest BCUT2D eigenvalue weighted by Gasteiger charge is 2.59. The van der Waals surface area contributed by atoms with Gasteiger partial charge in [-0.05, 0) is 51.0 Å². The van der Waals surface area contributed by atoms with E-state index in [1.54, 1.807) is 9.80 Å². The van der Waals surface area contributed by atoms with Crippen molar-refractivity contribution in [2.75, 3.05) is 9.80 Å². The maximum absolute atomic E-state index is 14.0. The van der Waals surface area contributed by atoms with Crippen molar-refractivity contribution in [3.8, 4) is 0 Å². The third kappa shape index (κ3) is 3.51. The minimum Gasteiger partial charge on any atom is -0.365 e. The summed E-state index contributed by atoms with van der Waals surface area (Å²) < 4.78 is 0. The molecule has 2 amide bonds. The molecular weight excluding hydrogens is 384 g/mol. The predicted octanol–water partition coefficient (Wildman–Crippen LogP) is 5.93. The van der Waals surface area contributed by atoms with Gasteiger partial charge in [-0.25, -0.2) is 4.79 Å². The lowest BCUT2D eigenvalue weighted by Crippen LogP contribution is -2.52. The Morgan fingerprint density at radius 2 is 1.35 bits per heavy atom. The maximum Gasteiger partial charge on any atom is 0.332 e. The fourth-order valence-electron chi connectivity index (χ4n) is 4.60. The zero-order valence-corrected chi connectivity index (χ0v) is 18.8. The molecule has 2 atom stereocenters. The zero-order chi connectivity index (χ0) is 22.3. The lowest BCUT2D eigenvalue weighted by atomic mass is 9.86. The summed E-state index contributed by atoms with van der Waals surface area (Å²) in [5, 5.41) is 12.4. The van der Waals surface area contributed by atoms with Crippen molar-refractivity contribution in [3.63, 3.8) is 0 Å². The predicted molar refractivity (Wildman–Crippen MR) is 126 cm³/mol. The summed E-state index contributed by atoms with van der Waals surface area (Å²) >= 11 is 0. The lowest BCUT2D eigenvalue weighted by Gasteiger charge is -2.39. The average Bonchev–Trinajstić information content (AvgIpc) is 2.97. The van der Waals surface area contributed by atoms with Crippen molar-refractivity contribution >= 4 is 17.4 Å². The van der Waals surface area contributed by atoms with Gasteiger partial charge in [0, 0.05) is 16.9 Å². The van der Waals surface area contributed by atoms with E-state index in [4.69, 9.17) is 0 Å². The minimum absolute atomic E-state index is 0.00575. The largest absolute Gasteiger partial charge is 0.365 e. The number of urea groups is 1. The molecule has 3 aromatic rings. The van der Waals surface area contributed by atoms with E-state index in [9.17, 15) is 9.90 Å². The van der Waals surface area contributed by atoms with Gasteiger partial charge in [-0.3, -0.25) is 9.80 Å². The summed E-state index contributed by atoms with van der Waals surface area (Å²) in [7, 11) is 0. The van der Waals surface area contributed by atoms with Crippen molar-refractivity contribution < 1.29 is 9.90 Å². The number of aryl methyl sites for hydroxylation is 3. The number of carbonyl (C=O) groups is 1. The molecule has 31 heavy (non-hydrogen) atoms. The highest BCUT2D eigenvalue weighted by atomic mass is 16.3. The van der Waals surface area contributed by atoms with E-state index >= 15 is 0 Å². The quantitative estimate of drug-likeness (QED) is 0.575. The van der Waals surface area contributed by atoms with Crippen LogP contribution in [-0.4, -0.2) is 17.2 Å². The van der Waals surface area contributed by atoms with Crippen molar-refractivity contribution in [1.82, 2.24) is 0 Å². The number of rotatable bonds is 4. The van der Waals surface area contributed by atoms with Crippen LogP contribution in [0.2, 0.25) is 0 Å². The van der Waals surface area contributed by atoms with Gasteiger partial charge in [0.15, 0.2) is 5.72 Å². The zero-order valence-electron chi connectivity index (χ0n) is 18.8. The molecule has 1 aliphatic rings. The standard InChI is InChI=1S/C27H30N2O2/c1-18(2)25-27(31,22-8-6-7-21(5)17-22)29(24-15-11-20(4)12-16-24)26(30)28(25)23-13-9-19(3)10-14-23/h6-18,25,31H,1-5H3/t25-,27?/m1/s1. The van der Waals surface area contributed by atoms with Crippen LogP contribution >= 0.6 is 0 Å². The lowest BCUT2D eigenvalue weighted by molar-refractivity contribution is 0.0177. The molecule has 1 N–H and O–H groups in total. The molecule has 0 spiro atoms. The average molecular weight is 415 g/mol. The van der Waals surface area contributed by atoms with Crippen molar-refractivity contribution in [2.45, 2.75) is 46.4 Å². The molecule has 0 radical (unpaired) electrons. The van der Waals surface area contributed by atoms with E-state index in [0.717, 1.165) is 27.9 Å². The first-order valence-electron chi connectivity index (χ1n) is 10.8. The highest BCUT2D eigenvalue weighted by molar-refractivity contribution is 6.08. The van der Waals surface area contributed by atoms with Gasteiger partial charge in [0.1, 0.15) is 0 Å². The van der Waals surface area contributed by atoms with Crippen LogP contribution in [0.3, 0.4) is 0 Å². The van der Waals surface area contributed by atoms with Crippen LogP contribution in [0.1, 0.15) is 36.1 Å². The third-order valence-corrected chi connectivity index (χ3v) is 6.11. The Kier molecular flexibility index (Phi) is 5.36. The SMILES string of the molecule is Cc1ccc(N2C(=O)N(c3ccc(C)cc3)C(O)(c3cccc(C)c3)[C@H]2C(C)C)cc1. The van der Waals surface area contributed by atoms with E-state index in [1.165, 1.54) is 0 Å². The fourth-order valence-corrected chi connectivity index (χ4v) is 4.60. The number of hydrogen-bond donors (Lipinski definition) is 1. The van der Waals surface area contributed by atoms with E-state index in [0.29, 0.717) is 5.69 Å². The van der Waals surface area contributed by atoms with Crippen LogP contribution in [-0.2, 0) is 5.72 Å². The summed E-state index contributed by atoms with van der Waals surface area (Å²) in [6.45, 7) is 10.1. The Morgan fingerprint density at radius 1 is 0.806 bits per heavy atom. The van der Waals surface area contributed by atoms with Gasteiger partial charge in [0.25, 0.3) is 0 Å². The summed E-state index contributed by atoms with van der Waals surface area (Å²) in [6.07, 6.45) is 0. The number of hydrogen-bond acceptors (Lipinski definition) is 2. The molecule has 160 valence electrons. The van der Waals surface area contributed by atoms with E-state index in [2.05, 4.69) is 13.8 Å². The van der Waals surface area contributed by atoms with Crippen LogP contribution in [0.4, 0.5) is 16.2 Å². The minimum atomic E-state index is -1.52. The molecule has 1 unspecified atom stereocenters. The van der Waals surface area contributed by atoms with Crippen LogP contribution in [0, 0.1) is 26.7 Å². The number of aliphatic hydroxyl groups is 1. The number of anilines is 2. The monoisotopic (exact) mass is 414 g/mol. The van der Waals surface area contributed by atoms with Crippen LogP contribution in [0.25, 0.3) is 0 Å². The summed E-state index contributed by atoms with van der Waals surface area (Å²) in [4.78, 5) is 17.3. The van der Waals surface area contributed by atoms with Crippen molar-refractivity contribution in [3.05, 3.63) is 95.1 Å². The molecule has 0 bridgehead atoms. The van der Waals surface area contributed by atoms with Crippen LogP contribution in [0.5, 0.6) is 0 Å². The smallest absolute Gasteiger partial charge is 0.332 e. The molecule has 0 aliphatic carbocycles. The van der Waals surface area contributed by atoms with Crippen molar-refractivity contribution in [2.24, 2.45) is 5.92 Å². The van der Waals surface area contributed by atoms with E-state index in [1.807, 2.05) is 93.6 Å². The van der Waals surface area contributed by atoms with Gasteiger partial charge in [0.05, 0.1) is 6.04 Å². The molecule has 4 nitrogen and oxygen atoms in total. The number of benzene rings is 3. The molecular formula is C27H30N2O2. The Balaban J connectivity index is 1.97. The van der Waals surface area contributed by atoms with Crippen molar-refractivity contribution in [1.29, 1.82) is 0 Å². The molecule has 0 aromatic heterocycles. The molecule has 3 aromatic carbocycles. The van der Waals surface area contributed by atoms with Gasteiger partial charge >= 0.3 is 6.03 Å². The van der Waals surface area contributed by atoms with E-state index < -0.39 is 11.8 Å². The first kappa shape index (κ1) is 21.1. The van der Waals surface area contributed by atoms with E-state index in [-0.39, 0.29) is 11.9 Å². The van der Waals surface area contributed by atoms with Crippen LogP contribution in [0.15, 0.2) is 72.8 Å². The second-order valence-corrected chi connectivity index (χ2v) is 8.94. The van der Waals surface area contributed by atoms with Crippen LogP contribution < -0.4 is 9.80 Å². The normalized spacial score (nSPS) is 21.3. The van der Waals surface area contributed by atoms with Gasteiger partial charge in [-0.2, -0.15) is 0 Å². The Morgan fingerprint density at radius 3 is 1.87 bits per heavy atom. The summed E-state index contributed by atoms with van der Waals surface area (Å²) in [5.74, 6) is 0.00575. The number of nitrogens with zero attached hydrogens (tertiary/aromatic N) is 2. The molecule has 0 saturated carbocycles. The Hall–Kier alpha value is -3.11. The summed E-state index contributed by atoms with van der Waals surface area (Å²) in [6, 6.07) is 22.8. The summed E-state index contributed by atoms with van der Waals surface area (Å²) in [5.41, 5.74) is 3.94. The third-order valence-electron chi connectivity index (χ3n) is 6.11. The van der Waals surface area contributed by atoms with Gasteiger partial charge in [0.2, 0.25) is 0 Å². The molecule has 1 saturated heterocycles. The number of amides is 2. The molecule has 1 fully saturated rings. The van der Waals surface area contributed by atoms with Gasteiger partial charge < -0.3 is 5.11 Å². The Labute approximate surface area is 184 Å². The molecule has 1 heterocycles. The Bertz CT molecular complexity index is 1090. The maximum atomic E-state index is 14.0. The second kappa shape index (κ2) is 7.86. The molecule has 1 aliphatic heterocycles. The highest BCUT2D eigenvalue weighted by Crippen LogP contribution is 2.47. The first-order chi connectivity index (χ1) is 14.7. The number of carbonyl (C=O) groups excluding carboxylic acids is 1. The first-order valence-corrected chi connectivity index (χ1v) is 10.8. The fraction of sp³-hybridized carbons (Fsp3) is 0.296.